The Morgan fingerprint density at radius 3 is 2.06 bits per heavy atom. The Balaban J connectivity index is 4.85. The molecule has 8 heteroatoms. The van der Waals surface area contributed by atoms with Crippen LogP contribution in [0.5, 0.6) is 0 Å². The predicted octanol–water partition coefficient (Wildman–Crippen LogP) is 2.10. The van der Waals surface area contributed by atoms with Crippen LogP contribution in [0.1, 0.15) is 13.8 Å². The second-order valence-corrected chi connectivity index (χ2v) is 3.75. The van der Waals surface area contributed by atoms with Crippen LogP contribution in [0.2, 0.25) is 0 Å². The molecule has 0 saturated carbocycles. The molecular weight excluding hydrogens is 260 g/mol. The number of carbonyl (C=O) groups is 2. The van der Waals surface area contributed by atoms with E-state index in [-0.39, 0.29) is 0 Å². The molecular formula is C10H12F4O4. The number of carboxylic acid groups (broad SMARTS) is 1. The average Bonchev–Trinajstić information content (AvgIpc) is 2.21. The van der Waals surface area contributed by atoms with E-state index in [9.17, 15) is 27.2 Å². The summed E-state index contributed by atoms with van der Waals surface area (Å²) in [5, 5.41) is 8.19. The van der Waals surface area contributed by atoms with Gasteiger partial charge >= 0.3 is 24.3 Å². The van der Waals surface area contributed by atoms with Crippen molar-refractivity contribution in [3.05, 3.63) is 12.2 Å². The van der Waals surface area contributed by atoms with Gasteiger partial charge in [0.25, 0.3) is 0 Å². The molecule has 0 saturated heterocycles. The van der Waals surface area contributed by atoms with Crippen molar-refractivity contribution >= 4 is 11.9 Å². The minimum atomic E-state index is -4.50. The Morgan fingerprint density at radius 2 is 1.72 bits per heavy atom. The number of halogens is 4. The number of aliphatic carboxylic acids is 1. The normalized spacial score (nSPS) is 14.2. The maximum atomic E-state index is 13.1. The van der Waals surface area contributed by atoms with Gasteiger partial charge in [-0.3, -0.25) is 0 Å². The lowest BCUT2D eigenvalue weighted by atomic mass is 10.0. The number of carbonyl (C=O) groups excluding carboxylic acids is 1. The summed E-state index contributed by atoms with van der Waals surface area (Å²) in [6, 6.07) is 0. The lowest BCUT2D eigenvalue weighted by Gasteiger charge is -2.28. The highest BCUT2D eigenvalue weighted by Crippen LogP contribution is 2.33. The average molecular weight is 272 g/mol. The number of alkyl halides is 4. The standard InChI is InChI=1S/C10H12F4O4/c1-5(2)8(10(13,14)9(11)12)18-7(17)4-3-6(15)16/h3-5,8-9H,1-2H3,(H,15,16)/b4-3+. The summed E-state index contributed by atoms with van der Waals surface area (Å²) in [6.45, 7) is 2.35. The minimum Gasteiger partial charge on any atom is -0.478 e. The Bertz CT molecular complexity index is 339. The number of carboxylic acids is 1. The maximum Gasteiger partial charge on any atom is 0.343 e. The second kappa shape index (κ2) is 6.36. The third kappa shape index (κ3) is 4.72. The van der Waals surface area contributed by atoms with Gasteiger partial charge in [0, 0.05) is 12.2 Å². The van der Waals surface area contributed by atoms with E-state index in [2.05, 4.69) is 4.74 Å². The number of hydrogen-bond acceptors (Lipinski definition) is 3. The zero-order chi connectivity index (χ0) is 14.5. The molecule has 0 spiro atoms. The first kappa shape index (κ1) is 16.4. The van der Waals surface area contributed by atoms with Gasteiger partial charge in [0.05, 0.1) is 0 Å². The summed E-state index contributed by atoms with van der Waals surface area (Å²) in [6.07, 6.45) is -5.58. The van der Waals surface area contributed by atoms with E-state index in [4.69, 9.17) is 5.11 Å². The molecule has 0 aliphatic rings. The van der Waals surface area contributed by atoms with Crippen molar-refractivity contribution in [3.8, 4) is 0 Å². The van der Waals surface area contributed by atoms with Gasteiger partial charge in [0.15, 0.2) is 6.10 Å². The number of ether oxygens (including phenoxy) is 1. The molecule has 18 heavy (non-hydrogen) atoms. The quantitative estimate of drug-likeness (QED) is 0.457. The molecule has 0 aliphatic heterocycles. The molecule has 0 aromatic heterocycles. The van der Waals surface area contributed by atoms with Crippen molar-refractivity contribution in [3.63, 3.8) is 0 Å². The van der Waals surface area contributed by atoms with E-state index >= 15 is 0 Å². The van der Waals surface area contributed by atoms with Crippen molar-refractivity contribution in [2.45, 2.75) is 32.3 Å². The molecule has 0 fully saturated rings. The van der Waals surface area contributed by atoms with Crippen molar-refractivity contribution in [1.29, 1.82) is 0 Å². The Labute approximate surface area is 100 Å². The first-order valence-electron chi connectivity index (χ1n) is 4.86. The summed E-state index contributed by atoms with van der Waals surface area (Å²) < 4.78 is 54.5. The van der Waals surface area contributed by atoms with Gasteiger partial charge in [-0.1, -0.05) is 13.8 Å². The van der Waals surface area contributed by atoms with Gasteiger partial charge in [-0.15, -0.1) is 0 Å². The van der Waals surface area contributed by atoms with Crippen molar-refractivity contribution < 1.29 is 37.0 Å². The number of hydrogen-bond donors (Lipinski definition) is 1. The molecule has 1 unspecified atom stereocenters. The van der Waals surface area contributed by atoms with E-state index in [0.717, 1.165) is 0 Å². The molecule has 0 aromatic rings. The first-order valence-corrected chi connectivity index (χ1v) is 4.86. The lowest BCUT2D eigenvalue weighted by Crippen LogP contribution is -2.46. The molecule has 1 atom stereocenters. The molecule has 0 bridgehead atoms. The monoisotopic (exact) mass is 272 g/mol. The van der Waals surface area contributed by atoms with E-state index in [1.54, 1.807) is 0 Å². The molecule has 104 valence electrons. The van der Waals surface area contributed by atoms with Gasteiger partial charge in [-0.2, -0.15) is 8.78 Å². The largest absolute Gasteiger partial charge is 0.478 e. The zero-order valence-electron chi connectivity index (χ0n) is 9.57. The summed E-state index contributed by atoms with van der Waals surface area (Å²) in [5.41, 5.74) is 0. The van der Waals surface area contributed by atoms with Crippen LogP contribution in [-0.4, -0.2) is 35.5 Å². The smallest absolute Gasteiger partial charge is 0.343 e. The van der Waals surface area contributed by atoms with Gasteiger partial charge in [0.1, 0.15) is 0 Å². The molecule has 0 rings (SSSR count). The van der Waals surface area contributed by atoms with Crippen LogP contribution in [0, 0.1) is 5.92 Å². The van der Waals surface area contributed by atoms with Crippen LogP contribution in [0.25, 0.3) is 0 Å². The highest BCUT2D eigenvalue weighted by molar-refractivity contribution is 5.90. The lowest BCUT2D eigenvalue weighted by molar-refractivity contribution is -0.216. The zero-order valence-corrected chi connectivity index (χ0v) is 9.57. The molecule has 0 amide bonds. The number of rotatable bonds is 6. The van der Waals surface area contributed by atoms with Crippen molar-refractivity contribution in [2.75, 3.05) is 0 Å². The molecule has 0 aliphatic carbocycles. The van der Waals surface area contributed by atoms with E-state index in [0.29, 0.717) is 12.2 Å². The van der Waals surface area contributed by atoms with E-state index < -0.39 is 36.3 Å². The van der Waals surface area contributed by atoms with Crippen LogP contribution in [0.15, 0.2) is 12.2 Å². The van der Waals surface area contributed by atoms with E-state index in [1.807, 2.05) is 0 Å². The summed E-state index contributed by atoms with van der Waals surface area (Å²) >= 11 is 0. The molecule has 0 aromatic carbocycles. The highest BCUT2D eigenvalue weighted by Gasteiger charge is 2.52. The van der Waals surface area contributed by atoms with Crippen molar-refractivity contribution in [1.82, 2.24) is 0 Å². The van der Waals surface area contributed by atoms with Crippen LogP contribution in [0.3, 0.4) is 0 Å². The van der Waals surface area contributed by atoms with Crippen LogP contribution in [0.4, 0.5) is 17.6 Å². The third-order valence-corrected chi connectivity index (χ3v) is 1.88. The number of esters is 1. The SMILES string of the molecule is CC(C)C(OC(=O)/C=C/C(=O)O)C(F)(F)C(F)F. The first-order chi connectivity index (χ1) is 8.09. The van der Waals surface area contributed by atoms with Gasteiger partial charge < -0.3 is 9.84 Å². The fraction of sp³-hybridized carbons (Fsp3) is 0.600. The summed E-state index contributed by atoms with van der Waals surface area (Å²) in [7, 11) is 0. The van der Waals surface area contributed by atoms with Gasteiger partial charge in [-0.05, 0) is 5.92 Å². The fourth-order valence-electron chi connectivity index (χ4n) is 1.09. The third-order valence-electron chi connectivity index (χ3n) is 1.88. The van der Waals surface area contributed by atoms with Crippen LogP contribution >= 0.6 is 0 Å². The molecule has 0 radical (unpaired) electrons. The highest BCUT2D eigenvalue weighted by atomic mass is 19.3. The predicted molar refractivity (Wildman–Crippen MR) is 52.4 cm³/mol. The molecule has 1 N–H and O–H groups in total. The molecule has 0 heterocycles. The topological polar surface area (TPSA) is 63.6 Å². The van der Waals surface area contributed by atoms with Crippen molar-refractivity contribution in [2.24, 2.45) is 5.92 Å². The molecule has 4 nitrogen and oxygen atoms in total. The van der Waals surface area contributed by atoms with Crippen LogP contribution in [-0.2, 0) is 14.3 Å². The Hall–Kier alpha value is -1.60. The Kier molecular flexibility index (Phi) is 5.80. The second-order valence-electron chi connectivity index (χ2n) is 3.75. The summed E-state index contributed by atoms with van der Waals surface area (Å²) in [5.74, 6) is -8.47. The summed E-state index contributed by atoms with van der Waals surface area (Å²) in [4.78, 5) is 21.0. The minimum absolute atomic E-state index is 0.361. The Morgan fingerprint density at radius 1 is 1.22 bits per heavy atom. The van der Waals surface area contributed by atoms with E-state index in [1.165, 1.54) is 13.8 Å². The van der Waals surface area contributed by atoms with Gasteiger partial charge in [0.2, 0.25) is 0 Å². The van der Waals surface area contributed by atoms with Crippen LogP contribution < -0.4 is 0 Å². The van der Waals surface area contributed by atoms with Gasteiger partial charge in [-0.25, -0.2) is 18.4 Å². The fourth-order valence-corrected chi connectivity index (χ4v) is 1.09. The maximum absolute atomic E-state index is 13.1.